The van der Waals surface area contributed by atoms with E-state index in [1.807, 2.05) is 7.05 Å². The van der Waals surface area contributed by atoms with Crippen LogP contribution in [0.15, 0.2) is 21.5 Å². The van der Waals surface area contributed by atoms with Gasteiger partial charge in [-0.05, 0) is 25.8 Å². The van der Waals surface area contributed by atoms with Crippen LogP contribution in [0, 0.1) is 5.92 Å². The molecule has 1 atom stereocenters. The van der Waals surface area contributed by atoms with E-state index in [0.717, 1.165) is 6.26 Å². The second-order valence-electron chi connectivity index (χ2n) is 4.65. The fourth-order valence-electron chi connectivity index (χ4n) is 2.10. The quantitative estimate of drug-likeness (QED) is 0.781. The molecule has 0 aliphatic heterocycles. The van der Waals surface area contributed by atoms with Gasteiger partial charge in [0.25, 0.3) is 0 Å². The summed E-state index contributed by atoms with van der Waals surface area (Å²) < 4.78 is 5.17. The Morgan fingerprint density at radius 2 is 2.35 bits per heavy atom. The minimum absolute atomic E-state index is 0.342. The summed E-state index contributed by atoms with van der Waals surface area (Å²) in [6.07, 6.45) is 3.54. The lowest BCUT2D eigenvalue weighted by Crippen LogP contribution is -2.39. The van der Waals surface area contributed by atoms with Crippen molar-refractivity contribution in [3.8, 4) is 5.75 Å². The maximum Gasteiger partial charge on any atom is 0.226 e. The summed E-state index contributed by atoms with van der Waals surface area (Å²) in [7, 11) is 1.97. The Balaban J connectivity index is 2.03. The summed E-state index contributed by atoms with van der Waals surface area (Å²) in [5, 5.41) is 9.09. The molecule has 1 aromatic heterocycles. The molecular weight excluding hydrogens is 220 g/mol. The van der Waals surface area contributed by atoms with Gasteiger partial charge in [-0.3, -0.25) is 9.69 Å². The monoisotopic (exact) mass is 238 g/mol. The first-order valence-electron chi connectivity index (χ1n) is 5.83. The van der Waals surface area contributed by atoms with Crippen LogP contribution in [-0.2, 0) is 6.54 Å². The van der Waals surface area contributed by atoms with E-state index in [2.05, 4.69) is 4.90 Å². The molecule has 0 radical (unpaired) electrons. The van der Waals surface area contributed by atoms with E-state index in [9.17, 15) is 4.79 Å². The van der Waals surface area contributed by atoms with Crippen molar-refractivity contribution in [2.24, 2.45) is 11.7 Å². The van der Waals surface area contributed by atoms with Crippen LogP contribution in [0.3, 0.4) is 0 Å². The minimum atomic E-state index is -0.407. The third kappa shape index (κ3) is 2.87. The van der Waals surface area contributed by atoms with Crippen molar-refractivity contribution in [3.05, 3.63) is 28.3 Å². The van der Waals surface area contributed by atoms with Gasteiger partial charge in [-0.1, -0.05) is 0 Å². The van der Waals surface area contributed by atoms with Crippen molar-refractivity contribution in [3.63, 3.8) is 0 Å². The summed E-state index contributed by atoms with van der Waals surface area (Å²) in [4.78, 5) is 13.4. The average Bonchev–Trinajstić information content (AvgIpc) is 3.09. The Kier molecular flexibility index (Phi) is 3.49. The number of hydrogen-bond donors (Lipinski definition) is 2. The van der Waals surface area contributed by atoms with Gasteiger partial charge in [-0.2, -0.15) is 0 Å². The zero-order chi connectivity index (χ0) is 12.4. The van der Waals surface area contributed by atoms with E-state index in [0.29, 0.717) is 30.8 Å². The van der Waals surface area contributed by atoms with Crippen molar-refractivity contribution in [1.82, 2.24) is 4.90 Å². The number of hydrogen-bond acceptors (Lipinski definition) is 5. The predicted molar refractivity (Wildman–Crippen MR) is 63.7 cm³/mol. The third-order valence-electron chi connectivity index (χ3n) is 3.25. The molecule has 17 heavy (non-hydrogen) atoms. The molecule has 0 spiro atoms. The molecule has 1 aliphatic carbocycles. The highest BCUT2D eigenvalue weighted by Crippen LogP contribution is 2.34. The predicted octanol–water partition coefficient (Wildman–Crippen LogP) is 0.514. The van der Waals surface area contributed by atoms with Crippen LogP contribution < -0.4 is 11.2 Å². The van der Waals surface area contributed by atoms with Crippen molar-refractivity contribution in [1.29, 1.82) is 0 Å². The van der Waals surface area contributed by atoms with Crippen LogP contribution in [0.5, 0.6) is 5.75 Å². The second kappa shape index (κ2) is 4.89. The Morgan fingerprint density at radius 1 is 1.65 bits per heavy atom. The van der Waals surface area contributed by atoms with E-state index in [-0.39, 0.29) is 5.75 Å². The fourth-order valence-corrected chi connectivity index (χ4v) is 2.10. The Morgan fingerprint density at radius 3 is 2.88 bits per heavy atom. The van der Waals surface area contributed by atoms with Crippen LogP contribution in [-0.4, -0.2) is 29.6 Å². The molecule has 1 saturated carbocycles. The fraction of sp³-hybridized carbons (Fsp3) is 0.583. The highest BCUT2D eigenvalue weighted by Gasteiger charge is 2.32. The van der Waals surface area contributed by atoms with Crippen LogP contribution in [0.4, 0.5) is 0 Å². The van der Waals surface area contributed by atoms with Crippen LogP contribution in [0.1, 0.15) is 18.6 Å². The zero-order valence-corrected chi connectivity index (χ0v) is 9.93. The normalized spacial score (nSPS) is 17.4. The SMILES string of the molecule is CN(Cc1cc(=O)c(O)co1)C(CN)C1CC1. The topological polar surface area (TPSA) is 79.7 Å². The number of rotatable bonds is 5. The number of likely N-dealkylation sites (N-methyl/N-ethyl adjacent to an activating group) is 1. The van der Waals surface area contributed by atoms with E-state index >= 15 is 0 Å². The van der Waals surface area contributed by atoms with Crippen molar-refractivity contribution < 1.29 is 9.52 Å². The van der Waals surface area contributed by atoms with Gasteiger partial charge in [0, 0.05) is 18.7 Å². The highest BCUT2D eigenvalue weighted by atomic mass is 16.4. The maximum absolute atomic E-state index is 11.3. The lowest BCUT2D eigenvalue weighted by Gasteiger charge is -2.26. The highest BCUT2D eigenvalue weighted by molar-refractivity contribution is 5.15. The first-order chi connectivity index (χ1) is 8.11. The largest absolute Gasteiger partial charge is 0.502 e. The van der Waals surface area contributed by atoms with Crippen LogP contribution in [0.2, 0.25) is 0 Å². The average molecular weight is 238 g/mol. The molecule has 1 unspecified atom stereocenters. The molecule has 0 bridgehead atoms. The van der Waals surface area contributed by atoms with E-state index in [4.69, 9.17) is 15.3 Å². The van der Waals surface area contributed by atoms with Crippen LogP contribution in [0.25, 0.3) is 0 Å². The van der Waals surface area contributed by atoms with Gasteiger partial charge in [0.15, 0.2) is 5.75 Å². The van der Waals surface area contributed by atoms with Gasteiger partial charge in [0.1, 0.15) is 12.0 Å². The molecule has 5 nitrogen and oxygen atoms in total. The first-order valence-corrected chi connectivity index (χ1v) is 5.83. The summed E-state index contributed by atoms with van der Waals surface area (Å²) in [5.74, 6) is 0.872. The minimum Gasteiger partial charge on any atom is -0.502 e. The number of aromatic hydroxyl groups is 1. The number of nitrogens with two attached hydrogens (primary N) is 1. The van der Waals surface area contributed by atoms with Crippen molar-refractivity contribution in [2.75, 3.05) is 13.6 Å². The van der Waals surface area contributed by atoms with E-state index in [1.165, 1.54) is 18.9 Å². The molecule has 1 fully saturated rings. The van der Waals surface area contributed by atoms with Gasteiger partial charge in [0.2, 0.25) is 5.43 Å². The smallest absolute Gasteiger partial charge is 0.226 e. The molecule has 1 heterocycles. The molecule has 1 aromatic rings. The Hall–Kier alpha value is -1.33. The second-order valence-corrected chi connectivity index (χ2v) is 4.65. The van der Waals surface area contributed by atoms with Gasteiger partial charge in [-0.25, -0.2) is 0 Å². The number of nitrogens with zero attached hydrogens (tertiary/aromatic N) is 1. The molecule has 0 saturated heterocycles. The molecule has 1 aliphatic rings. The van der Waals surface area contributed by atoms with Crippen molar-refractivity contribution in [2.45, 2.75) is 25.4 Å². The van der Waals surface area contributed by atoms with Gasteiger partial charge < -0.3 is 15.3 Å². The first kappa shape index (κ1) is 12.1. The third-order valence-corrected chi connectivity index (χ3v) is 3.25. The lowest BCUT2D eigenvalue weighted by molar-refractivity contribution is 0.198. The molecule has 0 aromatic carbocycles. The summed E-state index contributed by atoms with van der Waals surface area (Å²) >= 11 is 0. The molecule has 2 rings (SSSR count). The van der Waals surface area contributed by atoms with Gasteiger partial charge >= 0.3 is 0 Å². The van der Waals surface area contributed by atoms with Gasteiger partial charge in [-0.15, -0.1) is 0 Å². The van der Waals surface area contributed by atoms with E-state index < -0.39 is 5.43 Å². The molecule has 3 N–H and O–H groups in total. The molecular formula is C12H18N2O3. The molecule has 94 valence electrons. The molecule has 5 heteroatoms. The molecule has 0 amide bonds. The van der Waals surface area contributed by atoms with E-state index in [1.54, 1.807) is 0 Å². The Bertz CT molecular complexity index is 440. The van der Waals surface area contributed by atoms with Crippen molar-refractivity contribution >= 4 is 0 Å². The standard InChI is InChI=1S/C12H18N2O3/c1-14(10(5-13)8-2-3-8)6-9-4-11(15)12(16)7-17-9/h4,7-8,10,16H,2-3,5-6,13H2,1H3. The summed E-state index contributed by atoms with van der Waals surface area (Å²) in [6.45, 7) is 1.15. The lowest BCUT2D eigenvalue weighted by atomic mass is 10.1. The van der Waals surface area contributed by atoms with Gasteiger partial charge in [0.05, 0.1) is 6.54 Å². The maximum atomic E-state index is 11.3. The zero-order valence-electron chi connectivity index (χ0n) is 9.93. The van der Waals surface area contributed by atoms with Crippen LogP contribution >= 0.6 is 0 Å². The Labute approximate surface area is 99.8 Å². The summed E-state index contributed by atoms with van der Waals surface area (Å²) in [6, 6.07) is 1.67. The summed E-state index contributed by atoms with van der Waals surface area (Å²) in [5.41, 5.74) is 5.34.